The molecule has 0 radical (unpaired) electrons. The molecular formula is C22H31N5O2. The van der Waals surface area contributed by atoms with E-state index in [0.29, 0.717) is 12.0 Å². The first-order valence-corrected chi connectivity index (χ1v) is 10.6. The predicted octanol–water partition coefficient (Wildman–Crippen LogP) is 4.26. The maximum Gasteiger partial charge on any atom is 0.410 e. The van der Waals surface area contributed by atoms with Crippen molar-refractivity contribution in [3.05, 3.63) is 24.3 Å². The second-order valence-electron chi connectivity index (χ2n) is 9.12. The van der Waals surface area contributed by atoms with Gasteiger partial charge >= 0.3 is 6.09 Å². The van der Waals surface area contributed by atoms with E-state index in [-0.39, 0.29) is 6.09 Å². The van der Waals surface area contributed by atoms with Crippen LogP contribution in [0.15, 0.2) is 24.3 Å². The Hall–Kier alpha value is -2.57. The fourth-order valence-electron chi connectivity index (χ4n) is 3.53. The van der Waals surface area contributed by atoms with Gasteiger partial charge in [0.15, 0.2) is 11.6 Å². The van der Waals surface area contributed by atoms with Gasteiger partial charge in [-0.3, -0.25) is 0 Å². The van der Waals surface area contributed by atoms with Crippen LogP contribution in [-0.2, 0) is 4.74 Å². The van der Waals surface area contributed by atoms with Crippen LogP contribution in [0.5, 0.6) is 0 Å². The first kappa shape index (κ1) is 19.7. The van der Waals surface area contributed by atoms with E-state index in [1.807, 2.05) is 49.9 Å². The first-order chi connectivity index (χ1) is 13.9. The number of benzene rings is 1. The number of rotatable bonds is 5. The largest absolute Gasteiger partial charge is 0.444 e. The first-order valence-electron chi connectivity index (χ1n) is 10.6. The summed E-state index contributed by atoms with van der Waals surface area (Å²) in [6, 6.07) is 8.48. The van der Waals surface area contributed by atoms with Gasteiger partial charge in [0.1, 0.15) is 5.60 Å². The molecule has 1 aromatic heterocycles. The summed E-state index contributed by atoms with van der Waals surface area (Å²) >= 11 is 0. The molecule has 1 aliphatic heterocycles. The molecule has 7 heteroatoms. The number of fused-ring (bicyclic) bond motifs is 1. The minimum absolute atomic E-state index is 0.208. The summed E-state index contributed by atoms with van der Waals surface area (Å²) in [4.78, 5) is 23.6. The van der Waals surface area contributed by atoms with Crippen molar-refractivity contribution in [3.63, 3.8) is 0 Å². The highest BCUT2D eigenvalue weighted by Gasteiger charge is 2.27. The molecule has 2 heterocycles. The Bertz CT molecular complexity index is 867. The lowest BCUT2D eigenvalue weighted by molar-refractivity contribution is 0.0188. The van der Waals surface area contributed by atoms with Crippen molar-refractivity contribution >= 4 is 28.8 Å². The molecular weight excluding hydrogens is 366 g/mol. The molecule has 2 aromatic rings. The van der Waals surface area contributed by atoms with Gasteiger partial charge in [0.2, 0.25) is 0 Å². The van der Waals surface area contributed by atoms with E-state index < -0.39 is 5.60 Å². The summed E-state index contributed by atoms with van der Waals surface area (Å²) in [5, 5.41) is 7.02. The zero-order valence-corrected chi connectivity index (χ0v) is 17.6. The number of likely N-dealkylation sites (tertiary alicyclic amines) is 1. The van der Waals surface area contributed by atoms with Crippen LogP contribution >= 0.6 is 0 Å². The Morgan fingerprint density at radius 3 is 2.28 bits per heavy atom. The SMILES string of the molecule is CC(C)(C)OC(=O)N1CCC(CNc2nc3ccccc3nc2NC2CC2)CC1. The van der Waals surface area contributed by atoms with E-state index in [4.69, 9.17) is 14.7 Å². The highest BCUT2D eigenvalue weighted by atomic mass is 16.6. The number of amides is 1. The van der Waals surface area contributed by atoms with E-state index in [0.717, 1.165) is 55.1 Å². The third-order valence-corrected chi connectivity index (χ3v) is 5.31. The van der Waals surface area contributed by atoms with Crippen LogP contribution in [0.3, 0.4) is 0 Å². The Kier molecular flexibility index (Phi) is 5.48. The molecule has 0 unspecified atom stereocenters. The molecule has 1 saturated carbocycles. The van der Waals surface area contributed by atoms with Gasteiger partial charge < -0.3 is 20.3 Å². The molecule has 2 fully saturated rings. The Labute approximate surface area is 172 Å². The summed E-state index contributed by atoms with van der Waals surface area (Å²) in [5.74, 6) is 2.17. The third kappa shape index (κ3) is 5.28. The van der Waals surface area contributed by atoms with Gasteiger partial charge in [0.25, 0.3) is 0 Å². The summed E-state index contributed by atoms with van der Waals surface area (Å²) in [6.07, 6.45) is 4.09. The van der Waals surface area contributed by atoms with E-state index in [1.54, 1.807) is 0 Å². The number of carbonyl (C=O) groups excluding carboxylic acids is 1. The highest BCUT2D eigenvalue weighted by Crippen LogP contribution is 2.29. The van der Waals surface area contributed by atoms with E-state index in [9.17, 15) is 4.79 Å². The lowest BCUT2D eigenvalue weighted by atomic mass is 9.97. The normalized spacial score (nSPS) is 18.0. The van der Waals surface area contributed by atoms with Crippen LogP contribution in [0.25, 0.3) is 11.0 Å². The predicted molar refractivity (Wildman–Crippen MR) is 115 cm³/mol. The Morgan fingerprint density at radius 1 is 1.07 bits per heavy atom. The second-order valence-corrected chi connectivity index (χ2v) is 9.12. The lowest BCUT2D eigenvalue weighted by Gasteiger charge is -2.33. The number of hydrogen-bond acceptors (Lipinski definition) is 6. The number of para-hydroxylation sites is 2. The van der Waals surface area contributed by atoms with Gasteiger partial charge in [-0.05, 0) is 64.5 Å². The average Bonchev–Trinajstić information content (AvgIpc) is 3.49. The van der Waals surface area contributed by atoms with Crippen LogP contribution in [0, 0.1) is 5.92 Å². The summed E-state index contributed by atoms with van der Waals surface area (Å²) in [7, 11) is 0. The zero-order chi connectivity index (χ0) is 20.4. The average molecular weight is 398 g/mol. The molecule has 0 atom stereocenters. The summed E-state index contributed by atoms with van der Waals surface area (Å²) < 4.78 is 5.49. The fourth-order valence-corrected chi connectivity index (χ4v) is 3.53. The molecule has 0 bridgehead atoms. The van der Waals surface area contributed by atoms with Crippen LogP contribution in [0.1, 0.15) is 46.5 Å². The van der Waals surface area contributed by atoms with Gasteiger partial charge in [-0.15, -0.1) is 0 Å². The second kappa shape index (κ2) is 8.05. The molecule has 29 heavy (non-hydrogen) atoms. The lowest BCUT2D eigenvalue weighted by Crippen LogP contribution is -2.42. The van der Waals surface area contributed by atoms with Crippen LogP contribution < -0.4 is 10.6 Å². The summed E-state index contributed by atoms with van der Waals surface area (Å²) in [6.45, 7) is 8.00. The van der Waals surface area contributed by atoms with Crippen LogP contribution in [0.4, 0.5) is 16.4 Å². The number of anilines is 2. The third-order valence-electron chi connectivity index (χ3n) is 5.31. The molecule has 7 nitrogen and oxygen atoms in total. The Balaban J connectivity index is 1.35. The van der Waals surface area contributed by atoms with Gasteiger partial charge in [-0.1, -0.05) is 12.1 Å². The highest BCUT2D eigenvalue weighted by molar-refractivity contribution is 5.80. The number of nitrogens with zero attached hydrogens (tertiary/aromatic N) is 3. The van der Waals surface area contributed by atoms with Crippen molar-refractivity contribution in [2.24, 2.45) is 5.92 Å². The number of piperidine rings is 1. The molecule has 1 aromatic carbocycles. The van der Waals surface area contributed by atoms with Gasteiger partial charge in [-0.2, -0.15) is 0 Å². The molecule has 2 aliphatic rings. The molecule has 2 N–H and O–H groups in total. The van der Waals surface area contributed by atoms with Gasteiger partial charge in [0.05, 0.1) is 11.0 Å². The number of nitrogens with one attached hydrogen (secondary N) is 2. The fraction of sp³-hybridized carbons (Fsp3) is 0.591. The minimum atomic E-state index is -0.449. The quantitative estimate of drug-likeness (QED) is 0.785. The van der Waals surface area contributed by atoms with E-state index in [2.05, 4.69) is 10.6 Å². The molecule has 1 amide bonds. The molecule has 156 valence electrons. The standard InChI is InChI=1S/C22H31N5O2/c1-22(2,3)29-21(28)27-12-10-15(11-13-27)14-23-19-20(24-16-8-9-16)26-18-7-5-4-6-17(18)25-19/h4-7,15-16H,8-14H2,1-3H3,(H,23,25)(H,24,26). The minimum Gasteiger partial charge on any atom is -0.444 e. The van der Waals surface area contributed by atoms with E-state index >= 15 is 0 Å². The smallest absolute Gasteiger partial charge is 0.410 e. The number of hydrogen-bond donors (Lipinski definition) is 2. The number of ether oxygens (including phenoxy) is 1. The Morgan fingerprint density at radius 2 is 1.69 bits per heavy atom. The van der Waals surface area contributed by atoms with Crippen molar-refractivity contribution in [3.8, 4) is 0 Å². The molecule has 0 spiro atoms. The van der Waals surface area contributed by atoms with Crippen molar-refractivity contribution < 1.29 is 9.53 Å². The maximum atomic E-state index is 12.2. The number of aromatic nitrogens is 2. The van der Waals surface area contributed by atoms with Crippen molar-refractivity contribution in [1.82, 2.24) is 14.9 Å². The molecule has 4 rings (SSSR count). The van der Waals surface area contributed by atoms with Gasteiger partial charge in [0, 0.05) is 25.7 Å². The monoisotopic (exact) mass is 397 g/mol. The van der Waals surface area contributed by atoms with Crippen molar-refractivity contribution in [2.75, 3.05) is 30.3 Å². The maximum absolute atomic E-state index is 12.2. The van der Waals surface area contributed by atoms with Crippen LogP contribution in [-0.4, -0.2) is 52.2 Å². The van der Waals surface area contributed by atoms with E-state index in [1.165, 1.54) is 12.8 Å². The van der Waals surface area contributed by atoms with Crippen molar-refractivity contribution in [2.45, 2.75) is 58.1 Å². The van der Waals surface area contributed by atoms with Crippen LogP contribution in [0.2, 0.25) is 0 Å². The topological polar surface area (TPSA) is 79.4 Å². The van der Waals surface area contributed by atoms with Crippen molar-refractivity contribution in [1.29, 1.82) is 0 Å². The zero-order valence-electron chi connectivity index (χ0n) is 17.6. The summed E-state index contributed by atoms with van der Waals surface area (Å²) in [5.41, 5.74) is 1.36. The molecule has 1 aliphatic carbocycles. The van der Waals surface area contributed by atoms with Gasteiger partial charge in [-0.25, -0.2) is 14.8 Å². The molecule has 1 saturated heterocycles. The number of carbonyl (C=O) groups is 1.